The van der Waals surface area contributed by atoms with Gasteiger partial charge in [0.1, 0.15) is 5.78 Å². The summed E-state index contributed by atoms with van der Waals surface area (Å²) in [5.41, 5.74) is 6.18. The number of allylic oxidation sites excluding steroid dienone is 2. The first kappa shape index (κ1) is 33.5. The van der Waals surface area contributed by atoms with Crippen molar-refractivity contribution in [1.29, 1.82) is 0 Å². The van der Waals surface area contributed by atoms with E-state index in [1.165, 1.54) is 35.5 Å². The fourth-order valence-corrected chi connectivity index (χ4v) is 22.1. The predicted octanol–water partition coefficient (Wildman–Crippen LogP) is 10.9. The van der Waals surface area contributed by atoms with Crippen LogP contribution in [0.25, 0.3) is 0 Å². The van der Waals surface area contributed by atoms with Gasteiger partial charge in [-0.15, -0.1) is 0 Å². The molecule has 1 saturated heterocycles. The molecule has 6 atom stereocenters. The highest BCUT2D eigenvalue weighted by Gasteiger charge is 2.59. The Morgan fingerprint density at radius 1 is 0.581 bits per heavy atom. The monoisotopic (exact) mass is 628 g/mol. The summed E-state index contributed by atoms with van der Waals surface area (Å²) in [5.74, 6) is 3.64. The molecule has 0 radical (unpaired) electrons. The van der Waals surface area contributed by atoms with Crippen molar-refractivity contribution in [2.45, 2.75) is 180 Å². The van der Waals surface area contributed by atoms with Crippen LogP contribution in [0.2, 0.25) is 33.2 Å². The molecule has 4 nitrogen and oxygen atoms in total. The van der Waals surface area contributed by atoms with Crippen molar-refractivity contribution < 1.29 is 18.4 Å². The summed E-state index contributed by atoms with van der Waals surface area (Å²) in [6.45, 7) is 28.6. The molecule has 0 bridgehead atoms. The standard InChI is InChI=1S/C37H64O4Si2/c1-21(2)42(22(3)4,23(5)6)40-31-19-33-35(29-17-13-15-27(29)31)37(38)36-30-18-14-16-28(30)32(20-34(36)39-33)41-43(24(7)8,25(9)10)26(11)12/h21-26,29-30,33-36H,13-20H2,1-12H3/t29-,30-,33+,34+,35-,36-/m1/s1. The maximum Gasteiger partial charge on any atom is 0.258 e. The van der Waals surface area contributed by atoms with E-state index in [9.17, 15) is 4.79 Å². The third-order valence-corrected chi connectivity index (χ3v) is 25.0. The molecule has 0 aromatic carbocycles. The summed E-state index contributed by atoms with van der Waals surface area (Å²) < 4.78 is 22.1. The highest BCUT2D eigenvalue weighted by molar-refractivity contribution is 6.78. The van der Waals surface area contributed by atoms with Crippen LogP contribution in [0.1, 0.15) is 134 Å². The van der Waals surface area contributed by atoms with Gasteiger partial charge >= 0.3 is 0 Å². The topological polar surface area (TPSA) is 44.8 Å². The molecule has 3 fully saturated rings. The number of carbonyl (C=O) groups excluding carboxylic acids is 1. The number of rotatable bonds is 10. The Hall–Kier alpha value is -0.856. The molecule has 0 aromatic heterocycles. The smallest absolute Gasteiger partial charge is 0.258 e. The van der Waals surface area contributed by atoms with Gasteiger partial charge in [-0.3, -0.25) is 4.79 Å². The molecule has 0 aromatic rings. The summed E-state index contributed by atoms with van der Waals surface area (Å²) >= 11 is 0. The Bertz CT molecular complexity index is 988. The number of hydrogen-bond donors (Lipinski definition) is 0. The number of ether oxygens (including phenoxy) is 1. The molecule has 43 heavy (non-hydrogen) atoms. The van der Waals surface area contributed by atoms with Gasteiger partial charge in [0.05, 0.1) is 35.6 Å². The van der Waals surface area contributed by atoms with Gasteiger partial charge in [0, 0.05) is 12.8 Å². The Kier molecular flexibility index (Phi) is 9.66. The largest absolute Gasteiger partial charge is 0.546 e. The van der Waals surface area contributed by atoms with Crippen LogP contribution in [0, 0.1) is 23.7 Å². The Labute approximate surface area is 266 Å². The highest BCUT2D eigenvalue weighted by atomic mass is 28.4. The summed E-state index contributed by atoms with van der Waals surface area (Å²) in [6.07, 6.45) is 8.24. The Morgan fingerprint density at radius 3 is 1.21 bits per heavy atom. The SMILES string of the molecule is CC(C)[Si](OC1=C2CCC[C@H]2[C@H]2C(=O)[C@H]3[C@H](CC(O[Si](C(C)C)(C(C)C)C(C)C)=C4CCC[C@H]43)O[C@H]2C1)(C(C)C)C(C)C. The van der Waals surface area contributed by atoms with E-state index in [0.29, 0.717) is 50.9 Å². The van der Waals surface area contributed by atoms with Crippen LogP contribution in [0.5, 0.6) is 0 Å². The third-order valence-electron chi connectivity index (χ3n) is 13.0. The molecular formula is C37H64O4Si2. The molecule has 2 saturated carbocycles. The minimum absolute atomic E-state index is 0.0130. The number of hydrogen-bond acceptors (Lipinski definition) is 4. The van der Waals surface area contributed by atoms with Crippen molar-refractivity contribution in [1.82, 2.24) is 0 Å². The molecule has 1 heterocycles. The molecule has 5 aliphatic rings. The van der Waals surface area contributed by atoms with E-state index in [1.807, 2.05) is 0 Å². The van der Waals surface area contributed by atoms with E-state index in [0.717, 1.165) is 38.5 Å². The number of ketones is 1. The van der Waals surface area contributed by atoms with Gasteiger partial charge in [0.2, 0.25) is 0 Å². The van der Waals surface area contributed by atoms with Crippen LogP contribution in [0.15, 0.2) is 22.7 Å². The van der Waals surface area contributed by atoms with Crippen LogP contribution in [0.3, 0.4) is 0 Å². The van der Waals surface area contributed by atoms with Gasteiger partial charge in [0.15, 0.2) is 0 Å². The average Bonchev–Trinajstić information content (AvgIpc) is 3.59. The zero-order valence-corrected chi connectivity index (χ0v) is 31.7. The summed E-state index contributed by atoms with van der Waals surface area (Å²) in [6, 6.07) is 0. The maximum absolute atomic E-state index is 14.7. The zero-order chi connectivity index (χ0) is 31.6. The molecule has 0 amide bonds. The van der Waals surface area contributed by atoms with E-state index < -0.39 is 16.6 Å². The third kappa shape index (κ3) is 5.29. The van der Waals surface area contributed by atoms with Crippen LogP contribution < -0.4 is 0 Å². The molecule has 5 rings (SSSR count). The molecule has 0 N–H and O–H groups in total. The quantitative estimate of drug-likeness (QED) is 0.226. The van der Waals surface area contributed by atoms with Crippen molar-refractivity contribution >= 4 is 22.4 Å². The lowest BCUT2D eigenvalue weighted by Crippen LogP contribution is -2.57. The van der Waals surface area contributed by atoms with E-state index in [2.05, 4.69) is 83.1 Å². The molecule has 1 aliphatic heterocycles. The van der Waals surface area contributed by atoms with Gasteiger partial charge < -0.3 is 13.6 Å². The van der Waals surface area contributed by atoms with Crippen LogP contribution in [0.4, 0.5) is 0 Å². The summed E-state index contributed by atoms with van der Waals surface area (Å²) in [7, 11) is -4.18. The molecule has 0 unspecified atom stereocenters. The Morgan fingerprint density at radius 2 is 0.907 bits per heavy atom. The van der Waals surface area contributed by atoms with Gasteiger partial charge in [0.25, 0.3) is 16.6 Å². The van der Waals surface area contributed by atoms with E-state index in [4.69, 9.17) is 13.6 Å². The second-order valence-electron chi connectivity index (χ2n) is 16.8. The first-order valence-electron chi connectivity index (χ1n) is 18.2. The summed E-state index contributed by atoms with van der Waals surface area (Å²) in [5, 5.41) is 0. The van der Waals surface area contributed by atoms with Crippen molar-refractivity contribution in [3.8, 4) is 0 Å². The Balaban J connectivity index is 1.49. The van der Waals surface area contributed by atoms with Gasteiger partial charge in [-0.05, 0) is 94.8 Å². The van der Waals surface area contributed by atoms with Crippen LogP contribution >= 0.6 is 0 Å². The first-order chi connectivity index (χ1) is 20.2. The van der Waals surface area contributed by atoms with Crippen molar-refractivity contribution in [2.24, 2.45) is 23.7 Å². The number of Topliss-reactive ketones (excluding diaryl/α,β-unsaturated/α-hetero) is 1. The minimum atomic E-state index is -2.09. The van der Waals surface area contributed by atoms with Crippen LogP contribution in [-0.2, 0) is 18.4 Å². The molecule has 0 spiro atoms. The lowest BCUT2D eigenvalue weighted by molar-refractivity contribution is -0.170. The van der Waals surface area contributed by atoms with Gasteiger partial charge in [-0.1, -0.05) is 83.1 Å². The second-order valence-corrected chi connectivity index (χ2v) is 27.6. The van der Waals surface area contributed by atoms with E-state index in [1.54, 1.807) is 0 Å². The molecule has 6 heteroatoms. The average molecular weight is 629 g/mol. The second kappa shape index (κ2) is 12.4. The molecular weight excluding hydrogens is 565 g/mol. The minimum Gasteiger partial charge on any atom is -0.546 e. The lowest BCUT2D eigenvalue weighted by atomic mass is 9.64. The lowest BCUT2D eigenvalue weighted by Gasteiger charge is -2.52. The fraction of sp³-hybridized carbons (Fsp3) is 0.865. The number of fused-ring (bicyclic) bond motifs is 6. The fourth-order valence-electron chi connectivity index (χ4n) is 11.5. The predicted molar refractivity (Wildman–Crippen MR) is 183 cm³/mol. The first-order valence-corrected chi connectivity index (χ1v) is 22.5. The summed E-state index contributed by atoms with van der Waals surface area (Å²) in [4.78, 5) is 14.7. The van der Waals surface area contributed by atoms with Crippen molar-refractivity contribution in [3.63, 3.8) is 0 Å². The van der Waals surface area contributed by atoms with Crippen LogP contribution in [-0.4, -0.2) is 34.6 Å². The van der Waals surface area contributed by atoms with Crippen molar-refractivity contribution in [2.75, 3.05) is 0 Å². The van der Waals surface area contributed by atoms with E-state index in [-0.39, 0.29) is 24.0 Å². The number of carbonyl (C=O) groups is 1. The van der Waals surface area contributed by atoms with E-state index >= 15 is 0 Å². The highest BCUT2D eigenvalue weighted by Crippen LogP contribution is 2.57. The van der Waals surface area contributed by atoms with Gasteiger partial charge in [-0.25, -0.2) is 0 Å². The normalized spacial score (nSPS) is 31.5. The molecule has 244 valence electrons. The molecule has 4 aliphatic carbocycles. The maximum atomic E-state index is 14.7. The van der Waals surface area contributed by atoms with Crippen molar-refractivity contribution in [3.05, 3.63) is 22.7 Å². The zero-order valence-electron chi connectivity index (χ0n) is 29.7. The van der Waals surface area contributed by atoms with Gasteiger partial charge in [-0.2, -0.15) is 0 Å².